The standard InChI is InChI=1S/C19H20FNO2/c1-3-23-19(22)17-12(2)21-16-10-9-14(20)11-15(16)18(17)13-7-5-4-6-8-13/h4-12,17-18,21H,3H2,1-2H3/t12-,17-,18-/m1/s1. The topological polar surface area (TPSA) is 38.3 Å². The van der Waals surface area contributed by atoms with E-state index >= 15 is 0 Å². The predicted molar refractivity (Wildman–Crippen MR) is 87.9 cm³/mol. The van der Waals surface area contributed by atoms with E-state index in [0.717, 1.165) is 16.8 Å². The first-order valence-electron chi connectivity index (χ1n) is 7.89. The Morgan fingerprint density at radius 2 is 1.96 bits per heavy atom. The van der Waals surface area contributed by atoms with E-state index in [1.807, 2.05) is 37.3 Å². The van der Waals surface area contributed by atoms with E-state index in [1.165, 1.54) is 12.1 Å². The summed E-state index contributed by atoms with van der Waals surface area (Å²) in [7, 11) is 0. The Hall–Kier alpha value is -2.36. The van der Waals surface area contributed by atoms with Gasteiger partial charge in [0.1, 0.15) is 5.82 Å². The molecule has 3 nitrogen and oxygen atoms in total. The van der Waals surface area contributed by atoms with Gasteiger partial charge < -0.3 is 10.1 Å². The first-order chi connectivity index (χ1) is 11.1. The van der Waals surface area contributed by atoms with Gasteiger partial charge in [0.2, 0.25) is 0 Å². The Balaban J connectivity index is 2.14. The highest BCUT2D eigenvalue weighted by atomic mass is 19.1. The highest BCUT2D eigenvalue weighted by Gasteiger charge is 2.41. The number of fused-ring (bicyclic) bond motifs is 1. The normalized spacial score (nSPS) is 22.8. The van der Waals surface area contributed by atoms with Gasteiger partial charge in [-0.25, -0.2) is 4.39 Å². The minimum atomic E-state index is -0.397. The minimum absolute atomic E-state index is 0.0998. The van der Waals surface area contributed by atoms with Gasteiger partial charge >= 0.3 is 5.97 Å². The van der Waals surface area contributed by atoms with E-state index in [-0.39, 0.29) is 23.7 Å². The number of carbonyl (C=O) groups excluding carboxylic acids is 1. The SMILES string of the molecule is CCOC(=O)[C@H]1[C@H](c2ccccc2)c2cc(F)ccc2N[C@@H]1C. The number of esters is 1. The lowest BCUT2D eigenvalue weighted by molar-refractivity contribution is -0.149. The van der Waals surface area contributed by atoms with Gasteiger partial charge in [-0.1, -0.05) is 30.3 Å². The van der Waals surface area contributed by atoms with Crippen molar-refractivity contribution in [1.82, 2.24) is 0 Å². The summed E-state index contributed by atoms with van der Waals surface area (Å²) in [6, 6.07) is 14.3. The van der Waals surface area contributed by atoms with Crippen LogP contribution in [-0.4, -0.2) is 18.6 Å². The average molecular weight is 313 g/mol. The summed E-state index contributed by atoms with van der Waals surface area (Å²) in [5.41, 5.74) is 2.66. The quantitative estimate of drug-likeness (QED) is 0.872. The molecule has 0 radical (unpaired) electrons. The molecule has 1 heterocycles. The third-order valence-corrected chi connectivity index (χ3v) is 4.35. The fourth-order valence-corrected chi connectivity index (χ4v) is 3.37. The van der Waals surface area contributed by atoms with Crippen molar-refractivity contribution in [2.75, 3.05) is 11.9 Å². The van der Waals surface area contributed by atoms with Crippen LogP contribution in [0, 0.1) is 11.7 Å². The summed E-state index contributed by atoms with van der Waals surface area (Å²) < 4.78 is 19.1. The van der Waals surface area contributed by atoms with Crippen molar-refractivity contribution in [1.29, 1.82) is 0 Å². The van der Waals surface area contributed by atoms with Gasteiger partial charge in [-0.3, -0.25) is 4.79 Å². The van der Waals surface area contributed by atoms with Gasteiger partial charge in [-0.05, 0) is 43.2 Å². The van der Waals surface area contributed by atoms with Crippen LogP contribution in [0.1, 0.15) is 30.9 Å². The van der Waals surface area contributed by atoms with Crippen LogP contribution in [0.25, 0.3) is 0 Å². The zero-order chi connectivity index (χ0) is 16.4. The van der Waals surface area contributed by atoms with E-state index in [2.05, 4.69) is 5.32 Å². The average Bonchev–Trinajstić information content (AvgIpc) is 2.55. The summed E-state index contributed by atoms with van der Waals surface area (Å²) in [5.74, 6) is -1.18. The Bertz CT molecular complexity index is 702. The van der Waals surface area contributed by atoms with Crippen LogP contribution in [0.4, 0.5) is 10.1 Å². The highest BCUT2D eigenvalue weighted by Crippen LogP contribution is 2.43. The second kappa shape index (κ2) is 6.41. The molecule has 0 aromatic heterocycles. The number of nitrogens with one attached hydrogen (secondary N) is 1. The van der Waals surface area contributed by atoms with Crippen molar-refractivity contribution in [3.63, 3.8) is 0 Å². The van der Waals surface area contributed by atoms with E-state index in [9.17, 15) is 9.18 Å². The number of halogens is 1. The molecule has 2 aromatic carbocycles. The maximum atomic E-state index is 13.8. The van der Waals surface area contributed by atoms with Crippen molar-refractivity contribution >= 4 is 11.7 Å². The van der Waals surface area contributed by atoms with Crippen LogP contribution in [0.15, 0.2) is 48.5 Å². The van der Waals surface area contributed by atoms with E-state index in [0.29, 0.717) is 6.61 Å². The fraction of sp³-hybridized carbons (Fsp3) is 0.316. The van der Waals surface area contributed by atoms with E-state index in [1.54, 1.807) is 13.0 Å². The first kappa shape index (κ1) is 15.5. The molecular weight excluding hydrogens is 293 g/mol. The molecule has 0 spiro atoms. The number of benzene rings is 2. The van der Waals surface area contributed by atoms with Crippen molar-refractivity contribution in [3.05, 3.63) is 65.5 Å². The largest absolute Gasteiger partial charge is 0.466 e. The lowest BCUT2D eigenvalue weighted by atomic mass is 9.74. The predicted octanol–water partition coefficient (Wildman–Crippen LogP) is 3.95. The van der Waals surface area contributed by atoms with Crippen LogP contribution in [0.2, 0.25) is 0 Å². The maximum Gasteiger partial charge on any atom is 0.311 e. The first-order valence-corrected chi connectivity index (χ1v) is 7.89. The van der Waals surface area contributed by atoms with Gasteiger partial charge in [0.15, 0.2) is 0 Å². The molecule has 0 saturated heterocycles. The molecule has 23 heavy (non-hydrogen) atoms. The number of carbonyl (C=O) groups is 1. The van der Waals surface area contributed by atoms with Crippen LogP contribution in [0.5, 0.6) is 0 Å². The van der Waals surface area contributed by atoms with E-state index < -0.39 is 5.92 Å². The Morgan fingerprint density at radius 3 is 2.65 bits per heavy atom. The third kappa shape index (κ3) is 2.93. The third-order valence-electron chi connectivity index (χ3n) is 4.35. The van der Waals surface area contributed by atoms with Gasteiger partial charge in [0.05, 0.1) is 12.5 Å². The number of rotatable bonds is 3. The van der Waals surface area contributed by atoms with Crippen LogP contribution in [-0.2, 0) is 9.53 Å². The molecule has 0 saturated carbocycles. The Kier molecular flexibility index (Phi) is 4.33. The van der Waals surface area contributed by atoms with Crippen molar-refractivity contribution in [2.45, 2.75) is 25.8 Å². The number of hydrogen-bond acceptors (Lipinski definition) is 3. The second-order valence-electron chi connectivity index (χ2n) is 5.83. The zero-order valence-electron chi connectivity index (χ0n) is 13.3. The Labute approximate surface area is 135 Å². The zero-order valence-corrected chi connectivity index (χ0v) is 13.3. The van der Waals surface area contributed by atoms with Crippen molar-refractivity contribution in [2.24, 2.45) is 5.92 Å². The summed E-state index contributed by atoms with van der Waals surface area (Å²) in [4.78, 5) is 12.5. The maximum absolute atomic E-state index is 13.8. The summed E-state index contributed by atoms with van der Waals surface area (Å²) >= 11 is 0. The van der Waals surface area contributed by atoms with E-state index in [4.69, 9.17) is 4.74 Å². The molecular formula is C19H20FNO2. The molecule has 1 N–H and O–H groups in total. The molecule has 3 atom stereocenters. The van der Waals surface area contributed by atoms with Crippen LogP contribution < -0.4 is 5.32 Å². The number of ether oxygens (including phenoxy) is 1. The fourth-order valence-electron chi connectivity index (χ4n) is 3.37. The summed E-state index contributed by atoms with van der Waals surface area (Å²) in [6.45, 7) is 4.09. The lowest BCUT2D eigenvalue weighted by Crippen LogP contribution is -2.42. The molecule has 0 aliphatic carbocycles. The number of anilines is 1. The van der Waals surface area contributed by atoms with Crippen LogP contribution >= 0.6 is 0 Å². The molecule has 4 heteroatoms. The smallest absolute Gasteiger partial charge is 0.311 e. The molecule has 120 valence electrons. The number of hydrogen-bond donors (Lipinski definition) is 1. The molecule has 2 aromatic rings. The van der Waals surface area contributed by atoms with Gasteiger partial charge in [0.25, 0.3) is 0 Å². The molecule has 0 bridgehead atoms. The molecule has 1 aliphatic heterocycles. The molecule has 0 unspecified atom stereocenters. The lowest BCUT2D eigenvalue weighted by Gasteiger charge is -2.38. The van der Waals surface area contributed by atoms with Crippen molar-refractivity contribution in [3.8, 4) is 0 Å². The molecule has 0 amide bonds. The van der Waals surface area contributed by atoms with Crippen molar-refractivity contribution < 1.29 is 13.9 Å². The molecule has 1 aliphatic rings. The van der Waals surface area contributed by atoms with Gasteiger partial charge in [-0.2, -0.15) is 0 Å². The monoisotopic (exact) mass is 313 g/mol. The van der Waals surface area contributed by atoms with Gasteiger partial charge in [-0.15, -0.1) is 0 Å². The summed E-state index contributed by atoms with van der Waals surface area (Å²) in [5, 5.41) is 3.31. The highest BCUT2D eigenvalue weighted by molar-refractivity contribution is 5.79. The minimum Gasteiger partial charge on any atom is -0.466 e. The summed E-state index contributed by atoms with van der Waals surface area (Å²) in [6.07, 6.45) is 0. The molecule has 0 fully saturated rings. The van der Waals surface area contributed by atoms with Crippen LogP contribution in [0.3, 0.4) is 0 Å². The molecule has 3 rings (SSSR count). The second-order valence-corrected chi connectivity index (χ2v) is 5.83. The Morgan fingerprint density at radius 1 is 1.22 bits per heavy atom. The van der Waals surface area contributed by atoms with Gasteiger partial charge in [0, 0.05) is 17.6 Å².